The van der Waals surface area contributed by atoms with Crippen LogP contribution in [0.2, 0.25) is 0 Å². The van der Waals surface area contributed by atoms with Crippen LogP contribution in [0.15, 0.2) is 23.8 Å². The smallest absolute Gasteiger partial charge is 0.328 e. The van der Waals surface area contributed by atoms with Crippen molar-refractivity contribution in [3.63, 3.8) is 0 Å². The van der Waals surface area contributed by atoms with Gasteiger partial charge in [0.15, 0.2) is 5.78 Å². The van der Waals surface area contributed by atoms with Gasteiger partial charge in [-0.3, -0.25) is 9.59 Å². The molecule has 8 nitrogen and oxygen atoms in total. The fourth-order valence-corrected chi connectivity index (χ4v) is 10.5. The minimum atomic E-state index is -1.26. The van der Waals surface area contributed by atoms with Gasteiger partial charge in [0.05, 0.1) is 11.5 Å². The molecule has 0 bridgehead atoms. The van der Waals surface area contributed by atoms with Crippen molar-refractivity contribution < 1.29 is 39.6 Å². The predicted molar refractivity (Wildman–Crippen MR) is 157 cm³/mol. The summed E-state index contributed by atoms with van der Waals surface area (Å²) in [7, 11) is 0. The zero-order valence-corrected chi connectivity index (χ0v) is 26.3. The zero-order valence-electron chi connectivity index (χ0n) is 26.3. The summed E-state index contributed by atoms with van der Waals surface area (Å²) in [5, 5.41) is 36.5. The molecule has 234 valence electrons. The summed E-state index contributed by atoms with van der Waals surface area (Å²) in [6.07, 6.45) is 11.1. The van der Waals surface area contributed by atoms with Crippen LogP contribution in [0.5, 0.6) is 0 Å². The number of carboxylic acid groups (broad SMARTS) is 3. The summed E-state index contributed by atoms with van der Waals surface area (Å²) < 4.78 is 0. The third kappa shape index (κ3) is 4.76. The van der Waals surface area contributed by atoms with Crippen molar-refractivity contribution in [1.29, 1.82) is 0 Å². The van der Waals surface area contributed by atoms with Crippen LogP contribution in [0.3, 0.4) is 0 Å². The van der Waals surface area contributed by atoms with E-state index in [1.165, 1.54) is 5.57 Å². The first-order valence-corrected chi connectivity index (χ1v) is 15.5. The molecule has 9 atom stereocenters. The summed E-state index contributed by atoms with van der Waals surface area (Å²) >= 11 is 0. The minimum absolute atomic E-state index is 0.0296. The number of hydrogen-bond donors (Lipinski definition) is 4. The van der Waals surface area contributed by atoms with E-state index in [2.05, 4.69) is 41.5 Å². The second-order valence-corrected chi connectivity index (χ2v) is 15.9. The highest BCUT2D eigenvalue weighted by Crippen LogP contribution is 2.75. The third-order valence-corrected chi connectivity index (χ3v) is 13.4. The van der Waals surface area contributed by atoms with Crippen molar-refractivity contribution >= 4 is 23.7 Å². The van der Waals surface area contributed by atoms with Gasteiger partial charge >= 0.3 is 17.9 Å². The number of carbonyl (C=O) groups is 4. The van der Waals surface area contributed by atoms with Crippen LogP contribution in [-0.4, -0.2) is 50.2 Å². The maximum atomic E-state index is 14.2. The van der Waals surface area contributed by atoms with E-state index in [0.29, 0.717) is 24.5 Å². The van der Waals surface area contributed by atoms with Gasteiger partial charge in [-0.05, 0) is 110 Å². The molecule has 0 aromatic carbocycles. The van der Waals surface area contributed by atoms with Crippen molar-refractivity contribution in [3.8, 4) is 0 Å². The first-order chi connectivity index (χ1) is 19.2. The number of aliphatic hydroxyl groups is 1. The predicted octanol–water partition coefficient (Wildman–Crippen LogP) is 6.12. The van der Waals surface area contributed by atoms with E-state index in [9.17, 15) is 29.4 Å². The highest BCUT2D eigenvalue weighted by molar-refractivity contribution is 5.95. The molecule has 0 radical (unpaired) electrons. The lowest BCUT2D eigenvalue weighted by Gasteiger charge is -2.70. The van der Waals surface area contributed by atoms with Gasteiger partial charge in [0.25, 0.3) is 0 Å². The van der Waals surface area contributed by atoms with Gasteiger partial charge < -0.3 is 20.4 Å². The first kappa shape index (κ1) is 32.4. The maximum absolute atomic E-state index is 14.2. The summed E-state index contributed by atoms with van der Waals surface area (Å²) in [6.45, 7) is 15.8. The Hall–Kier alpha value is -2.48. The highest BCUT2D eigenvalue weighted by atomic mass is 16.4. The summed E-state index contributed by atoms with van der Waals surface area (Å²) in [5.74, 6) is -2.45. The number of allylic oxidation sites excluding steroid dienone is 2. The monoisotopic (exact) mass is 586 g/mol. The summed E-state index contributed by atoms with van der Waals surface area (Å²) in [4.78, 5) is 45.5. The average molecular weight is 587 g/mol. The van der Waals surface area contributed by atoms with Gasteiger partial charge in [0.1, 0.15) is 0 Å². The Kier molecular flexibility index (Phi) is 7.96. The number of hydrogen-bond acceptors (Lipinski definition) is 5. The lowest BCUT2D eigenvalue weighted by Crippen LogP contribution is -2.66. The molecule has 4 fully saturated rings. The van der Waals surface area contributed by atoms with Crippen molar-refractivity contribution in [2.45, 2.75) is 112 Å². The zero-order chi connectivity index (χ0) is 31.7. The molecule has 42 heavy (non-hydrogen) atoms. The quantitative estimate of drug-likeness (QED) is 0.289. The van der Waals surface area contributed by atoms with E-state index < -0.39 is 23.3 Å². The van der Waals surface area contributed by atoms with Crippen LogP contribution in [0.4, 0.5) is 0 Å². The van der Waals surface area contributed by atoms with Crippen molar-refractivity contribution in [1.82, 2.24) is 0 Å². The molecule has 4 N–H and O–H groups in total. The number of fused-ring (bicyclic) bond motifs is 7. The number of aliphatic hydroxyl groups excluding tert-OH is 1. The fourth-order valence-electron chi connectivity index (χ4n) is 10.5. The summed E-state index contributed by atoms with van der Waals surface area (Å²) in [6, 6.07) is 0. The van der Waals surface area contributed by atoms with Crippen LogP contribution in [-0.2, 0) is 19.2 Å². The molecule has 5 aliphatic carbocycles. The minimum Gasteiger partial charge on any atom is -0.481 e. The molecule has 4 saturated carbocycles. The number of carbonyl (C=O) groups excluding carboxylic acids is 1. The molecular weight excluding hydrogens is 536 g/mol. The van der Waals surface area contributed by atoms with Gasteiger partial charge in [-0.15, -0.1) is 0 Å². The lowest BCUT2D eigenvalue weighted by molar-refractivity contribution is -0.202. The molecule has 8 heteroatoms. The first-order valence-electron chi connectivity index (χ1n) is 15.5. The van der Waals surface area contributed by atoms with Crippen LogP contribution in [0.1, 0.15) is 106 Å². The van der Waals surface area contributed by atoms with Crippen molar-refractivity contribution in [3.05, 3.63) is 23.8 Å². The molecule has 0 amide bonds. The van der Waals surface area contributed by atoms with Gasteiger partial charge in [0.2, 0.25) is 0 Å². The Morgan fingerprint density at radius 3 is 1.93 bits per heavy atom. The second kappa shape index (κ2) is 10.3. The van der Waals surface area contributed by atoms with Crippen LogP contribution < -0.4 is 0 Å². The molecule has 5 rings (SSSR count). The van der Waals surface area contributed by atoms with Gasteiger partial charge in [-0.2, -0.15) is 0 Å². The molecule has 0 aromatic heterocycles. The van der Waals surface area contributed by atoms with E-state index in [1.807, 2.05) is 13.0 Å². The Balaban J connectivity index is 0.000000446. The molecular formula is C34H50O8. The average Bonchev–Trinajstić information content (AvgIpc) is 2.88. The van der Waals surface area contributed by atoms with Gasteiger partial charge in [0, 0.05) is 18.1 Å². The molecule has 0 aromatic rings. The Bertz CT molecular complexity index is 1220. The normalized spacial score (nSPS) is 45.6. The standard InChI is InChI=1S/C30H46O4.C4H4O4/c1-25(2)21-8-11-30(7)23(28(21,5)10-9-22(25)32)20(31)16-18-19-17-27(4,24(33)34)13-12-26(19,3)14-15-29(18,30)6;5-3(6)1-2-4(7)8/h16,19,21-23,32H,8-15,17H2,1-7H3,(H,33,34);1-2H,(H,5,6)(H,7,8)/b;2-1+/t19-,21-,22-,23+,26+,27-,28-,29+,30+;/m0./s1. The number of ketones is 1. The van der Waals surface area contributed by atoms with E-state index in [4.69, 9.17) is 10.2 Å². The Morgan fingerprint density at radius 1 is 0.810 bits per heavy atom. The molecule has 5 aliphatic rings. The second-order valence-electron chi connectivity index (χ2n) is 15.9. The number of aliphatic carboxylic acids is 3. The molecule has 0 aliphatic heterocycles. The Labute approximate surface area is 249 Å². The van der Waals surface area contributed by atoms with Crippen LogP contribution in [0, 0.1) is 50.2 Å². The van der Waals surface area contributed by atoms with Gasteiger partial charge in [-0.1, -0.05) is 47.1 Å². The molecule has 0 saturated heterocycles. The largest absolute Gasteiger partial charge is 0.481 e. The van der Waals surface area contributed by atoms with E-state index in [1.54, 1.807) is 0 Å². The van der Waals surface area contributed by atoms with Crippen molar-refractivity contribution in [2.75, 3.05) is 0 Å². The number of carboxylic acids is 3. The maximum Gasteiger partial charge on any atom is 0.328 e. The third-order valence-electron chi connectivity index (χ3n) is 13.4. The van der Waals surface area contributed by atoms with Crippen molar-refractivity contribution in [2.24, 2.45) is 50.2 Å². The number of rotatable bonds is 3. The SMILES string of the molecule is CC1(C)[C@@H](O)CC[C@]2(C)[C@H]3C(=O)C=C4[C@@H]5C[C@@](C)(C(=O)O)CC[C@]5(C)CC[C@@]4(C)[C@]3(C)CC[C@@H]12.O=C(O)/C=C/C(=O)O. The van der Waals surface area contributed by atoms with Crippen LogP contribution >= 0.6 is 0 Å². The highest BCUT2D eigenvalue weighted by Gasteiger charge is 2.70. The fraction of sp³-hybridized carbons (Fsp3) is 0.765. The van der Waals surface area contributed by atoms with E-state index in [0.717, 1.165) is 51.4 Å². The van der Waals surface area contributed by atoms with Gasteiger partial charge in [-0.25, -0.2) is 9.59 Å². The lowest BCUT2D eigenvalue weighted by atomic mass is 9.33. The van der Waals surface area contributed by atoms with E-state index >= 15 is 0 Å². The molecule has 0 unspecified atom stereocenters. The van der Waals surface area contributed by atoms with Crippen LogP contribution in [0.25, 0.3) is 0 Å². The molecule has 0 heterocycles. The summed E-state index contributed by atoms with van der Waals surface area (Å²) in [5.41, 5.74) is 0.142. The molecule has 0 spiro atoms. The Morgan fingerprint density at radius 2 is 1.38 bits per heavy atom. The topological polar surface area (TPSA) is 149 Å². The van der Waals surface area contributed by atoms with E-state index in [-0.39, 0.29) is 50.8 Å².